The average Bonchev–Trinajstić information content (AvgIpc) is 2.98. The molecule has 0 fully saturated rings. The topological polar surface area (TPSA) is 61.9 Å². The lowest BCUT2D eigenvalue weighted by molar-refractivity contribution is -0.135. The summed E-state index contributed by atoms with van der Waals surface area (Å²) in [5.41, 5.74) is 3.35. The zero-order valence-electron chi connectivity index (χ0n) is 14.0. The first kappa shape index (κ1) is 15.7. The van der Waals surface area contributed by atoms with E-state index in [2.05, 4.69) is 28.8 Å². The Labute approximate surface area is 137 Å². The molecular weight excluding hydrogens is 288 g/mol. The smallest absolute Gasteiger partial charge is 0.226 e. The molecule has 0 spiro atoms. The van der Waals surface area contributed by atoms with Gasteiger partial charge in [0.25, 0.3) is 0 Å². The molecule has 122 valence electrons. The van der Waals surface area contributed by atoms with Crippen LogP contribution in [0, 0.1) is 5.92 Å². The molecule has 1 N–H and O–H groups in total. The van der Waals surface area contributed by atoms with Crippen molar-refractivity contribution in [1.82, 2.24) is 19.9 Å². The van der Waals surface area contributed by atoms with E-state index < -0.39 is 0 Å². The largest absolute Gasteiger partial charge is 0.345 e. The number of aromatic amines is 1. The first-order valence-electron chi connectivity index (χ1n) is 8.26. The van der Waals surface area contributed by atoms with Crippen molar-refractivity contribution >= 4 is 5.91 Å². The molecule has 0 saturated carbocycles. The number of imidazole rings is 1. The number of fused-ring (bicyclic) bond motifs is 1. The number of nitrogens with one attached hydrogen (secondary N) is 1. The van der Waals surface area contributed by atoms with Gasteiger partial charge in [0.1, 0.15) is 5.82 Å². The van der Waals surface area contributed by atoms with Crippen LogP contribution in [0.1, 0.15) is 49.0 Å². The molecule has 1 amide bonds. The molecule has 3 rings (SSSR count). The summed E-state index contributed by atoms with van der Waals surface area (Å²) in [6.07, 6.45) is 6.09. The second-order valence-corrected chi connectivity index (χ2v) is 6.70. The molecule has 1 aliphatic rings. The normalized spacial score (nSPS) is 17.1. The van der Waals surface area contributed by atoms with E-state index in [4.69, 9.17) is 0 Å². The molecule has 5 heteroatoms. The standard InChI is InChI=1S/C18H24N4O/c1-12(2)17-20-15-7-6-14(9-16(15)21-17)18(23)22(3)11-13-5-4-8-19-10-13/h4-5,8,10,12,14H,6-7,9,11H2,1-3H3,(H,20,21). The predicted molar refractivity (Wildman–Crippen MR) is 88.9 cm³/mol. The minimum absolute atomic E-state index is 0.0460. The fourth-order valence-electron chi connectivity index (χ4n) is 3.14. The molecule has 1 aliphatic carbocycles. The van der Waals surface area contributed by atoms with Gasteiger partial charge < -0.3 is 9.88 Å². The van der Waals surface area contributed by atoms with Gasteiger partial charge in [0.2, 0.25) is 5.91 Å². The lowest BCUT2D eigenvalue weighted by Gasteiger charge is -2.26. The summed E-state index contributed by atoms with van der Waals surface area (Å²) in [5.74, 6) is 1.68. The van der Waals surface area contributed by atoms with Crippen molar-refractivity contribution in [2.45, 2.75) is 45.6 Å². The van der Waals surface area contributed by atoms with Crippen LogP contribution in [-0.2, 0) is 24.2 Å². The van der Waals surface area contributed by atoms with Gasteiger partial charge in [-0.2, -0.15) is 0 Å². The Morgan fingerprint density at radius 3 is 3.00 bits per heavy atom. The van der Waals surface area contributed by atoms with Crippen LogP contribution in [0.2, 0.25) is 0 Å². The molecule has 2 aromatic rings. The van der Waals surface area contributed by atoms with Gasteiger partial charge in [0.15, 0.2) is 0 Å². The van der Waals surface area contributed by atoms with E-state index in [-0.39, 0.29) is 11.8 Å². The Bertz CT molecular complexity index is 678. The van der Waals surface area contributed by atoms with Gasteiger partial charge in [-0.05, 0) is 24.5 Å². The number of carbonyl (C=O) groups excluding carboxylic acids is 1. The molecule has 1 atom stereocenters. The van der Waals surface area contributed by atoms with E-state index in [9.17, 15) is 4.79 Å². The van der Waals surface area contributed by atoms with Crippen molar-refractivity contribution in [3.05, 3.63) is 47.3 Å². The molecule has 23 heavy (non-hydrogen) atoms. The Morgan fingerprint density at radius 2 is 2.30 bits per heavy atom. The van der Waals surface area contributed by atoms with E-state index >= 15 is 0 Å². The van der Waals surface area contributed by atoms with Crippen LogP contribution in [0.25, 0.3) is 0 Å². The number of rotatable bonds is 4. The van der Waals surface area contributed by atoms with Crippen molar-refractivity contribution in [3.63, 3.8) is 0 Å². The fraction of sp³-hybridized carbons (Fsp3) is 0.500. The molecule has 0 bridgehead atoms. The van der Waals surface area contributed by atoms with E-state index in [0.29, 0.717) is 12.5 Å². The van der Waals surface area contributed by atoms with E-state index in [0.717, 1.165) is 42.0 Å². The molecule has 0 aromatic carbocycles. The Kier molecular flexibility index (Phi) is 4.46. The third kappa shape index (κ3) is 3.44. The molecule has 2 aromatic heterocycles. The number of carbonyl (C=O) groups is 1. The van der Waals surface area contributed by atoms with E-state index in [1.165, 1.54) is 0 Å². The Morgan fingerprint density at radius 1 is 1.48 bits per heavy atom. The highest BCUT2D eigenvalue weighted by atomic mass is 16.2. The van der Waals surface area contributed by atoms with Crippen molar-refractivity contribution in [2.75, 3.05) is 7.05 Å². The number of aromatic nitrogens is 3. The first-order valence-corrected chi connectivity index (χ1v) is 8.26. The fourth-order valence-corrected chi connectivity index (χ4v) is 3.14. The maximum Gasteiger partial charge on any atom is 0.226 e. The van der Waals surface area contributed by atoms with E-state index in [1.54, 1.807) is 6.20 Å². The molecule has 0 aliphatic heterocycles. The summed E-state index contributed by atoms with van der Waals surface area (Å²) in [4.78, 5) is 26.7. The van der Waals surface area contributed by atoms with Crippen molar-refractivity contribution in [1.29, 1.82) is 0 Å². The highest BCUT2D eigenvalue weighted by Crippen LogP contribution is 2.27. The maximum absolute atomic E-state index is 12.7. The molecule has 5 nitrogen and oxygen atoms in total. The van der Waals surface area contributed by atoms with Crippen LogP contribution < -0.4 is 0 Å². The minimum Gasteiger partial charge on any atom is -0.345 e. The molecule has 2 heterocycles. The zero-order valence-corrected chi connectivity index (χ0v) is 14.0. The highest BCUT2D eigenvalue weighted by molar-refractivity contribution is 5.79. The number of H-pyrrole nitrogens is 1. The van der Waals surface area contributed by atoms with Gasteiger partial charge in [0.05, 0.1) is 5.69 Å². The Hall–Kier alpha value is -2.17. The van der Waals surface area contributed by atoms with Crippen LogP contribution in [0.5, 0.6) is 0 Å². The second-order valence-electron chi connectivity index (χ2n) is 6.70. The summed E-state index contributed by atoms with van der Waals surface area (Å²) in [5, 5.41) is 0. The summed E-state index contributed by atoms with van der Waals surface area (Å²) in [6.45, 7) is 4.87. The third-order valence-corrected chi connectivity index (χ3v) is 4.48. The summed E-state index contributed by atoms with van der Waals surface area (Å²) >= 11 is 0. The number of hydrogen-bond acceptors (Lipinski definition) is 3. The van der Waals surface area contributed by atoms with Gasteiger partial charge in [-0.3, -0.25) is 9.78 Å². The SMILES string of the molecule is CC(C)c1nc2c([nH]1)CC(C(=O)N(C)Cc1cccnc1)CC2. The number of hydrogen-bond donors (Lipinski definition) is 1. The summed E-state index contributed by atoms with van der Waals surface area (Å²) < 4.78 is 0. The maximum atomic E-state index is 12.7. The van der Waals surface area contributed by atoms with Crippen molar-refractivity contribution < 1.29 is 4.79 Å². The van der Waals surface area contributed by atoms with Crippen molar-refractivity contribution in [2.24, 2.45) is 5.92 Å². The predicted octanol–water partition coefficient (Wildman–Crippen LogP) is 2.69. The van der Waals surface area contributed by atoms with Gasteiger partial charge in [-0.1, -0.05) is 19.9 Å². The van der Waals surface area contributed by atoms with Gasteiger partial charge in [-0.25, -0.2) is 4.98 Å². The number of aryl methyl sites for hydroxylation is 1. The van der Waals surface area contributed by atoms with Crippen LogP contribution in [0.4, 0.5) is 0 Å². The summed E-state index contributed by atoms with van der Waals surface area (Å²) in [6, 6.07) is 3.90. The minimum atomic E-state index is 0.0460. The number of nitrogens with zero attached hydrogens (tertiary/aromatic N) is 3. The Balaban J connectivity index is 1.66. The first-order chi connectivity index (χ1) is 11.0. The van der Waals surface area contributed by atoms with Crippen LogP contribution in [0.15, 0.2) is 24.5 Å². The third-order valence-electron chi connectivity index (χ3n) is 4.48. The van der Waals surface area contributed by atoms with Gasteiger partial charge >= 0.3 is 0 Å². The molecule has 1 unspecified atom stereocenters. The van der Waals surface area contributed by atoms with E-state index in [1.807, 2.05) is 30.3 Å². The van der Waals surface area contributed by atoms with Crippen LogP contribution in [0.3, 0.4) is 0 Å². The number of amides is 1. The number of pyridine rings is 1. The second kappa shape index (κ2) is 6.52. The molecular formula is C18H24N4O. The zero-order chi connectivity index (χ0) is 16.4. The van der Waals surface area contributed by atoms with Crippen molar-refractivity contribution in [3.8, 4) is 0 Å². The summed E-state index contributed by atoms with van der Waals surface area (Å²) in [7, 11) is 1.87. The highest BCUT2D eigenvalue weighted by Gasteiger charge is 2.29. The molecule has 0 radical (unpaired) electrons. The van der Waals surface area contributed by atoms with Crippen LogP contribution >= 0.6 is 0 Å². The quantitative estimate of drug-likeness (QED) is 0.944. The lowest BCUT2D eigenvalue weighted by Crippen LogP contribution is -2.35. The van der Waals surface area contributed by atoms with Gasteiger partial charge in [0, 0.05) is 49.9 Å². The average molecular weight is 312 g/mol. The molecule has 0 saturated heterocycles. The van der Waals surface area contributed by atoms with Gasteiger partial charge in [-0.15, -0.1) is 0 Å². The monoisotopic (exact) mass is 312 g/mol. The lowest BCUT2D eigenvalue weighted by atomic mass is 9.89. The van der Waals surface area contributed by atoms with Crippen LogP contribution in [-0.4, -0.2) is 32.8 Å².